The summed E-state index contributed by atoms with van der Waals surface area (Å²) in [5, 5.41) is 0. The molecule has 0 radical (unpaired) electrons. The maximum atomic E-state index is 8.28. The third-order valence-electron chi connectivity index (χ3n) is 0. The van der Waals surface area contributed by atoms with Crippen molar-refractivity contribution in [1.29, 1.82) is 0 Å². The van der Waals surface area contributed by atoms with Crippen molar-refractivity contribution in [3.05, 3.63) is 0 Å². The molecule has 0 rings (SSSR count). The summed E-state index contributed by atoms with van der Waals surface area (Å²) >= 11 is 0.611. The minimum atomic E-state index is 0. The predicted octanol–water partition coefficient (Wildman–Crippen LogP) is -0.926. The van der Waals surface area contributed by atoms with E-state index in [1.54, 1.807) is 0 Å². The van der Waals surface area contributed by atoms with Crippen LogP contribution in [-0.2, 0) is 23.3 Å². The van der Waals surface area contributed by atoms with Gasteiger partial charge in [-0.3, -0.25) is 0 Å². The van der Waals surface area contributed by atoms with Gasteiger partial charge in [-0.15, -0.1) is 0 Å². The van der Waals surface area contributed by atoms with E-state index in [4.69, 9.17) is 3.80 Å². The molecule has 0 saturated heterocycles. The Morgan fingerprint density at radius 1 is 1.50 bits per heavy atom. The Kier molecular flexibility index (Phi) is 77.2. The summed E-state index contributed by atoms with van der Waals surface area (Å²) < 4.78 is 8.28. The molecule has 0 unspecified atom stereocenters. The van der Waals surface area contributed by atoms with Gasteiger partial charge in [0.05, 0.1) is 0 Å². The molecule has 0 fully saturated rings. The van der Waals surface area contributed by atoms with E-state index < -0.39 is 0 Å². The molecule has 4 heteroatoms. The molecule has 0 N–H and O–H groups in total. The molecule has 0 aromatic rings. The van der Waals surface area contributed by atoms with Gasteiger partial charge in [-0.1, -0.05) is 0 Å². The first-order chi connectivity index (χ1) is 1.00. The topological polar surface area (TPSA) is 17.1 Å². The molecule has 4 heavy (non-hydrogen) atoms. The Bertz CT molecular complexity index is 13.5. The number of hydrogen-bond acceptors (Lipinski definition) is 1. The van der Waals surface area contributed by atoms with Crippen molar-refractivity contribution in [3.8, 4) is 0 Å². The minimum Gasteiger partial charge on any atom is 0 e. The van der Waals surface area contributed by atoms with E-state index in [-0.39, 0.29) is 60.1 Å². The van der Waals surface area contributed by atoms with Gasteiger partial charge in [0.2, 0.25) is 0 Å². The van der Waals surface area contributed by atoms with Crippen LogP contribution in [0.2, 0.25) is 0 Å². The van der Waals surface area contributed by atoms with Crippen molar-refractivity contribution in [3.63, 3.8) is 0 Å². The van der Waals surface area contributed by atoms with Crippen molar-refractivity contribution in [1.82, 2.24) is 0 Å². The maximum absolute atomic E-state index is 8.28. The third kappa shape index (κ3) is 8.88. The van der Waals surface area contributed by atoms with Crippen LogP contribution in [0.25, 0.3) is 0 Å². The van der Waals surface area contributed by atoms with E-state index >= 15 is 0 Å². The molecule has 0 atom stereocenters. The Balaban J connectivity index is -0.000000000833. The molecule has 0 spiro atoms. The van der Waals surface area contributed by atoms with Crippen LogP contribution >= 0.6 is 0 Å². The Morgan fingerprint density at radius 3 is 1.50 bits per heavy atom. The van der Waals surface area contributed by atoms with Gasteiger partial charge in [-0.2, -0.15) is 0 Å². The molecule has 0 aliphatic heterocycles. The van der Waals surface area contributed by atoms with Gasteiger partial charge in [0.25, 0.3) is 0 Å². The van der Waals surface area contributed by atoms with Gasteiger partial charge in [0.15, 0.2) is 0 Å². The standard InChI is InChI=1S/Al.Ca.O.Zn.3H/q;+2;;;;2*-1. The fourth-order valence-electron chi connectivity index (χ4n) is 0. The van der Waals surface area contributed by atoms with Crippen LogP contribution in [0.5, 0.6) is 0 Å². The first kappa shape index (κ1) is 16.4. The molecule has 0 aromatic heterocycles. The quantitative estimate of drug-likeness (QED) is 0.409. The number of rotatable bonds is 0. The molecule has 16 valence electrons. The Hall–Kier alpha value is 2.22. The van der Waals surface area contributed by atoms with Crippen molar-refractivity contribution in [2.75, 3.05) is 0 Å². The van der Waals surface area contributed by atoms with Crippen LogP contribution < -0.4 is 0 Å². The average molecular weight is 151 g/mol. The summed E-state index contributed by atoms with van der Waals surface area (Å²) in [7, 11) is 0. The van der Waals surface area contributed by atoms with Crippen molar-refractivity contribution in [2.24, 2.45) is 0 Å². The van der Waals surface area contributed by atoms with Crippen molar-refractivity contribution < 1.29 is 26.1 Å². The summed E-state index contributed by atoms with van der Waals surface area (Å²) in [6, 6.07) is 0. The van der Waals surface area contributed by atoms with Gasteiger partial charge < -0.3 is 2.85 Å². The largest absolute Gasteiger partial charge is 0 e. The Labute approximate surface area is 78.9 Å². The summed E-state index contributed by atoms with van der Waals surface area (Å²) in [6.45, 7) is 0. The van der Waals surface area contributed by atoms with Crippen molar-refractivity contribution >= 4 is 54.0 Å². The fourth-order valence-corrected chi connectivity index (χ4v) is 0. The van der Waals surface area contributed by atoms with Crippen LogP contribution in [0.15, 0.2) is 0 Å². The summed E-state index contributed by atoms with van der Waals surface area (Å²) in [5.74, 6) is 0. The van der Waals surface area contributed by atoms with Crippen LogP contribution in [0.1, 0.15) is 2.85 Å². The molecule has 0 bridgehead atoms. The first-order valence-corrected chi connectivity index (χ1v) is 0.866. The van der Waals surface area contributed by atoms with Crippen LogP contribution in [-0.4, -0.2) is 54.0 Å². The zero-order chi connectivity index (χ0) is 2.00. The van der Waals surface area contributed by atoms with E-state index in [9.17, 15) is 0 Å². The smallest absolute Gasteiger partial charge is 0 e. The molecule has 0 aromatic carbocycles. The predicted molar refractivity (Wildman–Crippen MR) is 15.8 cm³/mol. The van der Waals surface area contributed by atoms with Crippen LogP contribution in [0.3, 0.4) is 0 Å². The summed E-state index contributed by atoms with van der Waals surface area (Å²) in [5.41, 5.74) is 0. The molecule has 0 aliphatic rings. The molecule has 0 heterocycles. The molecular formula is H3AlCaOZn. The van der Waals surface area contributed by atoms with E-state index in [2.05, 4.69) is 0 Å². The number of hydrogen-bond donors (Lipinski definition) is 0. The molecule has 0 saturated carbocycles. The average Bonchev–Trinajstić information content (AvgIpc) is 1.00. The zero-order valence-corrected chi connectivity index (χ0v) is 9.12. The minimum absolute atomic E-state index is 0. The first-order valence-electron chi connectivity index (χ1n) is 0.289. The van der Waals surface area contributed by atoms with Gasteiger partial charge >= 0.3 is 57.8 Å². The van der Waals surface area contributed by atoms with Crippen molar-refractivity contribution in [2.45, 2.75) is 0 Å². The van der Waals surface area contributed by atoms with Crippen LogP contribution in [0.4, 0.5) is 0 Å². The van der Waals surface area contributed by atoms with E-state index in [0.717, 1.165) is 0 Å². The third-order valence-corrected chi connectivity index (χ3v) is 0. The summed E-state index contributed by atoms with van der Waals surface area (Å²) in [4.78, 5) is 0. The van der Waals surface area contributed by atoms with Gasteiger partial charge in [0, 0.05) is 19.5 Å². The van der Waals surface area contributed by atoms with Gasteiger partial charge in [-0.05, 0) is 0 Å². The van der Waals surface area contributed by atoms with Gasteiger partial charge in [-0.25, -0.2) is 0 Å². The second-order valence-electron chi connectivity index (χ2n) is 0. The second kappa shape index (κ2) is 18.9. The monoisotopic (exact) mass is 150 g/mol. The SMILES string of the molecule is [Ca+2].[H-].[H-].[O]=[AlH].[Zn]. The van der Waals surface area contributed by atoms with E-state index in [1.807, 2.05) is 0 Å². The van der Waals surface area contributed by atoms with Gasteiger partial charge in [0.1, 0.15) is 0 Å². The zero-order valence-electron chi connectivity index (χ0n) is 4.53. The maximum Gasteiger partial charge on any atom is 0 e. The fraction of sp³-hybridized carbons (Fsp3) is 0. The molecular weight excluding hydrogens is 148 g/mol. The normalized spacial score (nSPS) is 0.750. The Morgan fingerprint density at radius 2 is 1.50 bits per heavy atom. The summed E-state index contributed by atoms with van der Waals surface area (Å²) in [6.07, 6.45) is 0. The van der Waals surface area contributed by atoms with E-state index in [1.165, 1.54) is 0 Å². The molecule has 0 aliphatic carbocycles. The molecule has 0 amide bonds. The van der Waals surface area contributed by atoms with Crippen LogP contribution in [0, 0.1) is 0 Å². The second-order valence-corrected chi connectivity index (χ2v) is 0. The van der Waals surface area contributed by atoms with E-state index in [0.29, 0.717) is 16.2 Å². The molecule has 1 nitrogen and oxygen atoms in total.